The van der Waals surface area contributed by atoms with Crippen molar-refractivity contribution in [3.63, 3.8) is 0 Å². The highest BCUT2D eigenvalue weighted by Gasteiger charge is 2.26. The second-order valence-electron chi connectivity index (χ2n) is 6.67. The maximum absolute atomic E-state index is 12.8. The van der Waals surface area contributed by atoms with Gasteiger partial charge in [0.2, 0.25) is 10.0 Å². The lowest BCUT2D eigenvalue weighted by molar-refractivity contribution is -0.112. The van der Waals surface area contributed by atoms with Gasteiger partial charge in [-0.05, 0) is 54.8 Å². The third kappa shape index (κ3) is 5.32. The molecule has 1 fully saturated rings. The van der Waals surface area contributed by atoms with Gasteiger partial charge in [0, 0.05) is 23.2 Å². The summed E-state index contributed by atoms with van der Waals surface area (Å²) in [7, 11) is -3.60. The molecule has 6 nitrogen and oxygen atoms in total. The molecular formula is C21H20BrN3O3S. The van der Waals surface area contributed by atoms with Gasteiger partial charge in [-0.25, -0.2) is 8.42 Å². The SMILES string of the molecule is N#CC(=Cc1ccc(Br)cc1)C(=O)Nc1cccc(S(=O)(=O)N2CCCCC2)c1. The molecule has 1 saturated heterocycles. The Labute approximate surface area is 179 Å². The Bertz CT molecular complexity index is 1070. The predicted molar refractivity (Wildman–Crippen MR) is 115 cm³/mol. The van der Waals surface area contributed by atoms with E-state index < -0.39 is 15.9 Å². The van der Waals surface area contributed by atoms with E-state index in [1.807, 2.05) is 18.2 Å². The van der Waals surface area contributed by atoms with Gasteiger partial charge < -0.3 is 5.32 Å². The first-order valence-electron chi connectivity index (χ1n) is 9.19. The number of carbonyl (C=O) groups excluding carboxylic acids is 1. The summed E-state index contributed by atoms with van der Waals surface area (Å²) in [5.41, 5.74) is 0.961. The molecule has 3 rings (SSSR count). The third-order valence-electron chi connectivity index (χ3n) is 4.59. The van der Waals surface area contributed by atoms with E-state index in [9.17, 15) is 18.5 Å². The van der Waals surface area contributed by atoms with Crippen molar-refractivity contribution < 1.29 is 13.2 Å². The Morgan fingerprint density at radius 1 is 1.10 bits per heavy atom. The van der Waals surface area contributed by atoms with Crippen LogP contribution in [0.3, 0.4) is 0 Å². The minimum Gasteiger partial charge on any atom is -0.321 e. The molecule has 0 unspecified atom stereocenters. The molecule has 2 aromatic rings. The third-order valence-corrected chi connectivity index (χ3v) is 7.01. The van der Waals surface area contributed by atoms with Crippen molar-refractivity contribution in [1.82, 2.24) is 4.31 Å². The molecule has 0 atom stereocenters. The fraction of sp³-hybridized carbons (Fsp3) is 0.238. The van der Waals surface area contributed by atoms with Crippen LogP contribution in [-0.2, 0) is 14.8 Å². The van der Waals surface area contributed by atoms with Crippen molar-refractivity contribution in [3.8, 4) is 6.07 Å². The highest BCUT2D eigenvalue weighted by Crippen LogP contribution is 2.23. The number of halogens is 1. The summed E-state index contributed by atoms with van der Waals surface area (Å²) in [6.07, 6.45) is 4.21. The standard InChI is InChI=1S/C21H20BrN3O3S/c22-18-9-7-16(8-10-18)13-17(15-23)21(26)24-19-5-4-6-20(14-19)29(27,28)25-11-2-1-3-12-25/h4-10,13-14H,1-3,11-12H2,(H,24,26). The van der Waals surface area contributed by atoms with Crippen LogP contribution in [0.15, 0.2) is 63.5 Å². The Morgan fingerprint density at radius 3 is 2.45 bits per heavy atom. The van der Waals surface area contributed by atoms with E-state index in [0.29, 0.717) is 24.3 Å². The maximum atomic E-state index is 12.8. The summed E-state index contributed by atoms with van der Waals surface area (Å²) in [4.78, 5) is 12.6. The number of nitrogens with zero attached hydrogens (tertiary/aromatic N) is 2. The zero-order valence-corrected chi connectivity index (χ0v) is 18.0. The fourth-order valence-corrected chi connectivity index (χ4v) is 4.89. The quantitative estimate of drug-likeness (QED) is 0.520. The van der Waals surface area contributed by atoms with Gasteiger partial charge in [0.15, 0.2) is 0 Å². The van der Waals surface area contributed by atoms with Gasteiger partial charge in [0.25, 0.3) is 5.91 Å². The second-order valence-corrected chi connectivity index (χ2v) is 9.52. The molecular weight excluding hydrogens is 454 g/mol. The molecule has 29 heavy (non-hydrogen) atoms. The van der Waals surface area contributed by atoms with Gasteiger partial charge in [-0.2, -0.15) is 9.57 Å². The van der Waals surface area contributed by atoms with E-state index in [1.54, 1.807) is 24.3 Å². The number of anilines is 1. The summed E-state index contributed by atoms with van der Waals surface area (Å²) in [6, 6.07) is 15.2. The molecule has 0 saturated carbocycles. The van der Waals surface area contributed by atoms with Crippen LogP contribution in [0.4, 0.5) is 5.69 Å². The van der Waals surface area contributed by atoms with Crippen LogP contribution in [0.1, 0.15) is 24.8 Å². The lowest BCUT2D eigenvalue weighted by Crippen LogP contribution is -2.35. The number of hydrogen-bond acceptors (Lipinski definition) is 4. The summed E-state index contributed by atoms with van der Waals surface area (Å²) >= 11 is 3.34. The summed E-state index contributed by atoms with van der Waals surface area (Å²) in [5.74, 6) is -0.595. The van der Waals surface area contributed by atoms with E-state index in [0.717, 1.165) is 23.7 Å². The molecule has 1 amide bonds. The molecule has 0 spiro atoms. The highest BCUT2D eigenvalue weighted by molar-refractivity contribution is 9.10. The topological polar surface area (TPSA) is 90.3 Å². The average molecular weight is 474 g/mol. The van der Waals surface area contributed by atoms with Crippen LogP contribution in [0, 0.1) is 11.3 Å². The number of rotatable bonds is 5. The maximum Gasteiger partial charge on any atom is 0.266 e. The number of benzene rings is 2. The van der Waals surface area contributed by atoms with Crippen molar-refractivity contribution in [2.45, 2.75) is 24.2 Å². The largest absolute Gasteiger partial charge is 0.321 e. The number of nitriles is 1. The minimum absolute atomic E-state index is 0.0726. The van der Waals surface area contributed by atoms with Gasteiger partial charge in [-0.15, -0.1) is 0 Å². The number of piperidine rings is 1. The first-order valence-corrected chi connectivity index (χ1v) is 11.4. The molecule has 0 aliphatic carbocycles. The first kappa shape index (κ1) is 21.2. The smallest absolute Gasteiger partial charge is 0.266 e. The summed E-state index contributed by atoms with van der Waals surface area (Å²) in [5, 5.41) is 12.0. The zero-order valence-electron chi connectivity index (χ0n) is 15.6. The fourth-order valence-electron chi connectivity index (χ4n) is 3.06. The van der Waals surface area contributed by atoms with Gasteiger partial charge in [-0.1, -0.05) is 40.5 Å². The van der Waals surface area contributed by atoms with Crippen molar-refractivity contribution in [1.29, 1.82) is 5.26 Å². The molecule has 0 bridgehead atoms. The van der Waals surface area contributed by atoms with Crippen molar-refractivity contribution >= 4 is 43.6 Å². The number of sulfonamides is 1. The van der Waals surface area contributed by atoms with E-state index >= 15 is 0 Å². The van der Waals surface area contributed by atoms with Gasteiger partial charge in [-0.3, -0.25) is 4.79 Å². The lowest BCUT2D eigenvalue weighted by Gasteiger charge is -2.26. The van der Waals surface area contributed by atoms with Crippen LogP contribution in [0.2, 0.25) is 0 Å². The first-order chi connectivity index (χ1) is 13.9. The van der Waals surface area contributed by atoms with Crippen molar-refractivity contribution in [3.05, 3.63) is 64.1 Å². The van der Waals surface area contributed by atoms with Crippen LogP contribution < -0.4 is 5.32 Å². The van der Waals surface area contributed by atoms with Crippen LogP contribution in [0.5, 0.6) is 0 Å². The van der Waals surface area contributed by atoms with E-state index in [4.69, 9.17) is 0 Å². The van der Waals surface area contributed by atoms with Crippen LogP contribution in [0.25, 0.3) is 6.08 Å². The Hall–Kier alpha value is -2.47. The predicted octanol–water partition coefficient (Wildman–Crippen LogP) is 4.17. The van der Waals surface area contributed by atoms with E-state index in [1.165, 1.54) is 22.5 Å². The lowest BCUT2D eigenvalue weighted by atomic mass is 10.1. The van der Waals surface area contributed by atoms with E-state index in [-0.39, 0.29) is 10.5 Å². The van der Waals surface area contributed by atoms with Crippen LogP contribution in [-0.4, -0.2) is 31.7 Å². The Kier molecular flexibility index (Phi) is 6.85. The molecule has 2 aromatic carbocycles. The molecule has 1 aliphatic heterocycles. The number of amides is 1. The molecule has 1 N–H and O–H groups in total. The molecule has 0 aromatic heterocycles. The average Bonchev–Trinajstić information content (AvgIpc) is 2.74. The molecule has 0 radical (unpaired) electrons. The summed E-state index contributed by atoms with van der Waals surface area (Å²) in [6.45, 7) is 1.01. The summed E-state index contributed by atoms with van der Waals surface area (Å²) < 4.78 is 28.0. The van der Waals surface area contributed by atoms with Crippen LogP contribution >= 0.6 is 15.9 Å². The second kappa shape index (κ2) is 9.35. The number of carbonyl (C=O) groups is 1. The van der Waals surface area contributed by atoms with Crippen molar-refractivity contribution in [2.24, 2.45) is 0 Å². The van der Waals surface area contributed by atoms with E-state index in [2.05, 4.69) is 21.2 Å². The Morgan fingerprint density at radius 2 is 1.79 bits per heavy atom. The Balaban J connectivity index is 1.79. The zero-order chi connectivity index (χ0) is 20.9. The minimum atomic E-state index is -3.60. The number of hydrogen-bond donors (Lipinski definition) is 1. The monoisotopic (exact) mass is 473 g/mol. The molecule has 150 valence electrons. The molecule has 1 heterocycles. The highest BCUT2D eigenvalue weighted by atomic mass is 79.9. The molecule has 8 heteroatoms. The van der Waals surface area contributed by atoms with Gasteiger partial charge >= 0.3 is 0 Å². The normalized spacial score (nSPS) is 15.5. The van der Waals surface area contributed by atoms with Gasteiger partial charge in [0.1, 0.15) is 11.6 Å². The van der Waals surface area contributed by atoms with Gasteiger partial charge in [0.05, 0.1) is 4.90 Å². The molecule has 1 aliphatic rings. The number of nitrogens with one attached hydrogen (secondary N) is 1. The van der Waals surface area contributed by atoms with Crippen molar-refractivity contribution in [2.75, 3.05) is 18.4 Å².